The summed E-state index contributed by atoms with van der Waals surface area (Å²) >= 11 is 0. The van der Waals surface area contributed by atoms with Gasteiger partial charge in [-0.1, -0.05) is 44.2 Å². The number of esters is 1. The molecule has 1 aromatic carbocycles. The molecule has 0 bridgehead atoms. The van der Waals surface area contributed by atoms with Crippen LogP contribution in [0.2, 0.25) is 0 Å². The third-order valence-electron chi connectivity index (χ3n) is 4.23. The van der Waals surface area contributed by atoms with Crippen LogP contribution in [-0.4, -0.2) is 34.6 Å². The smallest absolute Gasteiger partial charge is 0.330 e. The third-order valence-corrected chi connectivity index (χ3v) is 4.23. The first kappa shape index (κ1) is 21.9. The van der Waals surface area contributed by atoms with Crippen molar-refractivity contribution in [2.45, 2.75) is 39.7 Å². The summed E-state index contributed by atoms with van der Waals surface area (Å²) in [7, 11) is 0. The molecular formula is C20H26N4O5. The number of aromatic nitrogens is 2. The van der Waals surface area contributed by atoms with Crippen LogP contribution in [0.1, 0.15) is 38.7 Å². The monoisotopic (exact) mass is 402 g/mol. The highest BCUT2D eigenvalue weighted by Crippen LogP contribution is 2.18. The number of hydrogen-bond acceptors (Lipinski definition) is 6. The van der Waals surface area contributed by atoms with E-state index in [-0.39, 0.29) is 31.0 Å². The predicted octanol–water partition coefficient (Wildman–Crippen LogP) is 1.25. The second-order valence-corrected chi connectivity index (χ2v) is 6.52. The Bertz CT molecular complexity index is 965. The van der Waals surface area contributed by atoms with E-state index in [1.54, 1.807) is 0 Å². The Labute approximate surface area is 168 Å². The van der Waals surface area contributed by atoms with Crippen LogP contribution >= 0.6 is 0 Å². The molecule has 0 fully saturated rings. The molecule has 3 N–H and O–H groups in total. The van der Waals surface area contributed by atoms with Gasteiger partial charge in [-0.3, -0.25) is 23.9 Å². The Kier molecular flexibility index (Phi) is 7.76. The molecular weight excluding hydrogens is 376 g/mol. The fourth-order valence-electron chi connectivity index (χ4n) is 2.84. The minimum absolute atomic E-state index is 0.121. The van der Waals surface area contributed by atoms with Crippen LogP contribution < -0.4 is 21.9 Å². The number of nitrogens with two attached hydrogens (primary N) is 1. The Morgan fingerprint density at radius 3 is 2.45 bits per heavy atom. The van der Waals surface area contributed by atoms with Crippen molar-refractivity contribution in [2.75, 3.05) is 23.8 Å². The van der Waals surface area contributed by atoms with E-state index in [1.807, 2.05) is 44.2 Å². The molecule has 0 unspecified atom stereocenters. The second kappa shape index (κ2) is 10.3. The summed E-state index contributed by atoms with van der Waals surface area (Å²) < 4.78 is 6.17. The second-order valence-electron chi connectivity index (χ2n) is 6.52. The molecule has 0 aliphatic heterocycles. The molecule has 0 radical (unpaired) electrons. The molecule has 0 saturated carbocycles. The zero-order valence-corrected chi connectivity index (χ0v) is 16.6. The van der Waals surface area contributed by atoms with Gasteiger partial charge in [0.2, 0.25) is 0 Å². The van der Waals surface area contributed by atoms with Crippen molar-refractivity contribution in [3.63, 3.8) is 0 Å². The van der Waals surface area contributed by atoms with Crippen LogP contribution in [0, 0.1) is 0 Å². The SMILES string of the molecule is CCCC(=O)OCC(=O)N(CCC)c1c(N)n(Cc2ccccc2)c(=O)[nH]c1=O. The molecule has 0 spiro atoms. The van der Waals surface area contributed by atoms with Crippen LogP contribution in [0.3, 0.4) is 0 Å². The first-order valence-corrected chi connectivity index (χ1v) is 9.51. The summed E-state index contributed by atoms with van der Waals surface area (Å²) in [5, 5.41) is 0. The molecule has 0 aliphatic carbocycles. The Morgan fingerprint density at radius 1 is 1.14 bits per heavy atom. The van der Waals surface area contributed by atoms with Gasteiger partial charge in [-0.05, 0) is 18.4 Å². The van der Waals surface area contributed by atoms with E-state index in [2.05, 4.69) is 4.98 Å². The fraction of sp³-hybridized carbons (Fsp3) is 0.400. The van der Waals surface area contributed by atoms with Crippen molar-refractivity contribution in [1.29, 1.82) is 0 Å². The van der Waals surface area contributed by atoms with E-state index in [4.69, 9.17) is 10.5 Å². The molecule has 156 valence electrons. The van der Waals surface area contributed by atoms with E-state index in [0.29, 0.717) is 12.8 Å². The number of benzene rings is 1. The summed E-state index contributed by atoms with van der Waals surface area (Å²) in [5.74, 6) is -1.20. The molecule has 1 heterocycles. The number of carbonyl (C=O) groups excluding carboxylic acids is 2. The number of amides is 1. The minimum Gasteiger partial charge on any atom is -0.456 e. The molecule has 2 aromatic rings. The van der Waals surface area contributed by atoms with Gasteiger partial charge >= 0.3 is 11.7 Å². The number of rotatable bonds is 9. The van der Waals surface area contributed by atoms with Crippen LogP contribution in [0.4, 0.5) is 11.5 Å². The van der Waals surface area contributed by atoms with E-state index < -0.39 is 29.7 Å². The number of nitrogens with zero attached hydrogens (tertiary/aromatic N) is 2. The van der Waals surface area contributed by atoms with Crippen molar-refractivity contribution in [3.05, 3.63) is 56.7 Å². The summed E-state index contributed by atoms with van der Waals surface area (Å²) in [5.41, 5.74) is 5.39. The van der Waals surface area contributed by atoms with Gasteiger partial charge in [0.1, 0.15) is 5.82 Å². The zero-order valence-electron chi connectivity index (χ0n) is 16.6. The topological polar surface area (TPSA) is 127 Å². The molecule has 9 heteroatoms. The Balaban J connectivity index is 2.39. The van der Waals surface area contributed by atoms with Gasteiger partial charge in [-0.25, -0.2) is 4.79 Å². The molecule has 0 saturated heterocycles. The largest absolute Gasteiger partial charge is 0.456 e. The highest BCUT2D eigenvalue weighted by atomic mass is 16.5. The highest BCUT2D eigenvalue weighted by Gasteiger charge is 2.24. The summed E-state index contributed by atoms with van der Waals surface area (Å²) in [4.78, 5) is 52.4. The molecule has 0 atom stereocenters. The quantitative estimate of drug-likeness (QED) is 0.608. The molecule has 9 nitrogen and oxygen atoms in total. The molecule has 1 amide bonds. The van der Waals surface area contributed by atoms with Gasteiger partial charge in [0.05, 0.1) is 6.54 Å². The van der Waals surface area contributed by atoms with E-state index in [1.165, 1.54) is 4.57 Å². The van der Waals surface area contributed by atoms with Crippen molar-refractivity contribution in [3.8, 4) is 0 Å². The molecule has 1 aromatic heterocycles. The number of H-pyrrole nitrogens is 1. The number of anilines is 2. The van der Waals surface area contributed by atoms with Gasteiger partial charge in [0.15, 0.2) is 12.3 Å². The number of nitrogens with one attached hydrogen (secondary N) is 1. The number of ether oxygens (including phenoxy) is 1. The first-order chi connectivity index (χ1) is 13.9. The van der Waals surface area contributed by atoms with Crippen LogP contribution in [-0.2, 0) is 20.9 Å². The molecule has 2 rings (SSSR count). The Hall–Kier alpha value is -3.36. The van der Waals surface area contributed by atoms with Gasteiger partial charge in [-0.15, -0.1) is 0 Å². The normalized spacial score (nSPS) is 10.6. The van der Waals surface area contributed by atoms with Crippen molar-refractivity contribution < 1.29 is 14.3 Å². The van der Waals surface area contributed by atoms with E-state index >= 15 is 0 Å². The van der Waals surface area contributed by atoms with E-state index in [0.717, 1.165) is 10.5 Å². The lowest BCUT2D eigenvalue weighted by molar-refractivity contribution is -0.147. The van der Waals surface area contributed by atoms with Gasteiger partial charge in [-0.2, -0.15) is 0 Å². The van der Waals surface area contributed by atoms with E-state index in [9.17, 15) is 19.2 Å². The lowest BCUT2D eigenvalue weighted by Gasteiger charge is -2.24. The first-order valence-electron chi connectivity index (χ1n) is 9.51. The average Bonchev–Trinajstić information content (AvgIpc) is 2.69. The van der Waals surface area contributed by atoms with Crippen molar-refractivity contribution in [2.24, 2.45) is 0 Å². The lowest BCUT2D eigenvalue weighted by atomic mass is 10.2. The Morgan fingerprint density at radius 2 is 1.83 bits per heavy atom. The highest BCUT2D eigenvalue weighted by molar-refractivity contribution is 5.97. The van der Waals surface area contributed by atoms with Crippen LogP contribution in [0.25, 0.3) is 0 Å². The maximum Gasteiger partial charge on any atom is 0.330 e. The standard InChI is InChI=1S/C20H26N4O5/c1-3-8-16(26)29-13-15(25)23(11-4-2)17-18(21)24(20(28)22-19(17)27)12-14-9-6-5-7-10-14/h5-7,9-10H,3-4,8,11-13,21H2,1-2H3,(H,22,27,28). The zero-order chi connectivity index (χ0) is 21.4. The molecule has 29 heavy (non-hydrogen) atoms. The number of carbonyl (C=O) groups is 2. The fourth-order valence-corrected chi connectivity index (χ4v) is 2.84. The minimum atomic E-state index is -0.765. The summed E-state index contributed by atoms with van der Waals surface area (Å²) in [6, 6.07) is 9.12. The third kappa shape index (κ3) is 5.56. The van der Waals surface area contributed by atoms with Crippen LogP contribution in [0.5, 0.6) is 0 Å². The number of aromatic amines is 1. The van der Waals surface area contributed by atoms with Gasteiger partial charge < -0.3 is 15.4 Å². The summed E-state index contributed by atoms with van der Waals surface area (Å²) in [6.07, 6.45) is 1.33. The van der Waals surface area contributed by atoms with Crippen molar-refractivity contribution in [1.82, 2.24) is 9.55 Å². The molecule has 0 aliphatic rings. The maximum absolute atomic E-state index is 12.7. The van der Waals surface area contributed by atoms with Crippen molar-refractivity contribution >= 4 is 23.4 Å². The predicted molar refractivity (Wildman–Crippen MR) is 110 cm³/mol. The number of nitrogen functional groups attached to an aromatic ring is 1. The summed E-state index contributed by atoms with van der Waals surface area (Å²) in [6.45, 7) is 3.46. The van der Waals surface area contributed by atoms with Crippen LogP contribution in [0.15, 0.2) is 39.9 Å². The average molecular weight is 402 g/mol. The van der Waals surface area contributed by atoms with Gasteiger partial charge in [0.25, 0.3) is 11.5 Å². The van der Waals surface area contributed by atoms with Gasteiger partial charge in [0, 0.05) is 13.0 Å². The number of hydrogen-bond donors (Lipinski definition) is 2. The lowest BCUT2D eigenvalue weighted by Crippen LogP contribution is -2.43. The maximum atomic E-state index is 12.7.